The second kappa shape index (κ2) is 8.53. The van der Waals surface area contributed by atoms with Crippen LogP contribution in [0.25, 0.3) is 37.9 Å². The highest BCUT2D eigenvalue weighted by Gasteiger charge is 2.52. The highest BCUT2D eigenvalue weighted by atomic mass is 14.7. The van der Waals surface area contributed by atoms with Crippen molar-refractivity contribution >= 4 is 16.5 Å². The van der Waals surface area contributed by atoms with Crippen molar-refractivity contribution in [3.05, 3.63) is 172 Å². The van der Waals surface area contributed by atoms with Gasteiger partial charge in [-0.25, -0.2) is 4.85 Å². The Morgan fingerprint density at radius 3 is 1.86 bits per heavy atom. The van der Waals surface area contributed by atoms with Crippen molar-refractivity contribution in [3.8, 4) is 28.3 Å². The van der Waals surface area contributed by atoms with Crippen LogP contribution in [0.15, 0.2) is 121 Å². The summed E-state index contributed by atoms with van der Waals surface area (Å²) in [5, 5.41) is 12.1. The zero-order chi connectivity index (χ0) is 28.6. The van der Waals surface area contributed by atoms with Gasteiger partial charge < -0.3 is 0 Å². The second-order valence-electron chi connectivity index (χ2n) is 11.9. The van der Waals surface area contributed by atoms with Crippen molar-refractivity contribution in [2.75, 3.05) is 0 Å². The maximum Gasteiger partial charge on any atom is 0.195 e. The molecular weight excluding hydrogens is 508 g/mol. The molecule has 0 unspecified atom stereocenters. The first-order valence-corrected chi connectivity index (χ1v) is 14.3. The molecule has 2 aliphatic rings. The van der Waals surface area contributed by atoms with Gasteiger partial charge in [0, 0.05) is 5.41 Å². The van der Waals surface area contributed by atoms with Crippen molar-refractivity contribution in [2.24, 2.45) is 0 Å². The molecule has 0 saturated heterocycles. The average molecular weight is 535 g/mol. The van der Waals surface area contributed by atoms with Gasteiger partial charge in [0.2, 0.25) is 0 Å². The lowest BCUT2D eigenvalue weighted by molar-refractivity contribution is 0.634. The molecule has 0 spiro atoms. The van der Waals surface area contributed by atoms with Gasteiger partial charge in [0.1, 0.15) is 0 Å². The summed E-state index contributed by atoms with van der Waals surface area (Å²) in [5.41, 5.74) is 12.5. The number of hydrogen-bond donors (Lipinski definition) is 0. The Hall–Kier alpha value is -5.44. The van der Waals surface area contributed by atoms with Gasteiger partial charge in [-0.3, -0.25) is 0 Å². The van der Waals surface area contributed by atoms with Crippen LogP contribution in [-0.4, -0.2) is 0 Å². The smallest absolute Gasteiger partial charge is 0.195 e. The molecule has 0 radical (unpaired) electrons. The van der Waals surface area contributed by atoms with E-state index in [1.807, 2.05) is 12.1 Å². The summed E-state index contributed by atoms with van der Waals surface area (Å²) >= 11 is 0. The van der Waals surface area contributed by atoms with Gasteiger partial charge in [0.15, 0.2) is 5.69 Å². The van der Waals surface area contributed by atoms with E-state index in [9.17, 15) is 5.26 Å². The van der Waals surface area contributed by atoms with E-state index in [2.05, 4.69) is 134 Å². The zero-order valence-corrected chi connectivity index (χ0v) is 23.4. The van der Waals surface area contributed by atoms with Gasteiger partial charge in [-0.15, -0.1) is 0 Å². The van der Waals surface area contributed by atoms with Gasteiger partial charge >= 0.3 is 0 Å². The SMILES string of the molecule is [C-]#[N+]c1cc2c(c3ccccc13)-c1ccc3c(c1C2(C)C)C(c1ccccc1)(c1ccccc1)c1cc(C#N)ccc1-3. The molecule has 0 atom stereocenters. The Bertz CT molecular complexity index is 2130. The quantitative estimate of drug-likeness (QED) is 0.203. The Kier molecular flexibility index (Phi) is 4.95. The molecule has 6 aromatic carbocycles. The Morgan fingerprint density at radius 1 is 0.619 bits per heavy atom. The second-order valence-corrected chi connectivity index (χ2v) is 11.9. The van der Waals surface area contributed by atoms with Crippen molar-refractivity contribution in [1.82, 2.24) is 0 Å². The molecule has 0 aliphatic heterocycles. The lowest BCUT2D eigenvalue weighted by atomic mass is 9.64. The molecule has 8 rings (SSSR count). The molecule has 0 N–H and O–H groups in total. The number of nitrogens with zero attached hydrogens (tertiary/aromatic N) is 2. The molecule has 0 aromatic heterocycles. The van der Waals surface area contributed by atoms with E-state index in [-0.39, 0.29) is 5.41 Å². The molecule has 2 aliphatic carbocycles. The summed E-state index contributed by atoms with van der Waals surface area (Å²) < 4.78 is 0. The van der Waals surface area contributed by atoms with E-state index in [1.54, 1.807) is 0 Å². The summed E-state index contributed by atoms with van der Waals surface area (Å²) in [5.74, 6) is 0. The zero-order valence-electron chi connectivity index (χ0n) is 23.4. The molecule has 0 heterocycles. The topological polar surface area (TPSA) is 28.1 Å². The number of hydrogen-bond acceptors (Lipinski definition) is 1. The Labute approximate surface area is 246 Å². The lowest BCUT2D eigenvalue weighted by Crippen LogP contribution is -2.32. The van der Waals surface area contributed by atoms with Crippen molar-refractivity contribution in [1.29, 1.82) is 5.26 Å². The van der Waals surface area contributed by atoms with Gasteiger partial charge in [0.25, 0.3) is 0 Å². The van der Waals surface area contributed by atoms with Crippen molar-refractivity contribution < 1.29 is 0 Å². The van der Waals surface area contributed by atoms with Crippen LogP contribution in [-0.2, 0) is 10.8 Å². The molecule has 0 saturated carbocycles. The molecule has 0 fully saturated rings. The molecule has 0 bridgehead atoms. The van der Waals surface area contributed by atoms with E-state index in [4.69, 9.17) is 6.57 Å². The predicted octanol–water partition coefficient (Wildman–Crippen LogP) is 9.93. The number of fused-ring (bicyclic) bond motifs is 9. The number of benzene rings is 6. The lowest BCUT2D eigenvalue weighted by Gasteiger charge is -2.37. The molecule has 42 heavy (non-hydrogen) atoms. The number of rotatable bonds is 2. The first-order valence-electron chi connectivity index (χ1n) is 14.3. The van der Waals surface area contributed by atoms with Gasteiger partial charge in [-0.05, 0) is 78.5 Å². The summed E-state index contributed by atoms with van der Waals surface area (Å²) in [7, 11) is 0. The van der Waals surface area contributed by atoms with Gasteiger partial charge in [-0.2, -0.15) is 5.26 Å². The molecule has 196 valence electrons. The summed E-state index contributed by atoms with van der Waals surface area (Å²) in [4.78, 5) is 3.97. The predicted molar refractivity (Wildman–Crippen MR) is 170 cm³/mol. The highest BCUT2D eigenvalue weighted by Crippen LogP contribution is 2.64. The first kappa shape index (κ1) is 24.4. The van der Waals surface area contributed by atoms with Crippen LogP contribution in [0.1, 0.15) is 52.8 Å². The fourth-order valence-corrected chi connectivity index (χ4v) is 7.88. The van der Waals surface area contributed by atoms with Crippen LogP contribution in [0.2, 0.25) is 0 Å². The molecule has 0 amide bonds. The molecule has 2 heteroatoms. The van der Waals surface area contributed by atoms with Crippen LogP contribution in [0.5, 0.6) is 0 Å². The van der Waals surface area contributed by atoms with Gasteiger partial charge in [0.05, 0.1) is 23.6 Å². The fourth-order valence-electron chi connectivity index (χ4n) is 7.88. The number of nitriles is 1. The third-order valence-corrected chi connectivity index (χ3v) is 9.55. The largest absolute Gasteiger partial charge is 0.238 e. The Morgan fingerprint density at radius 2 is 1.21 bits per heavy atom. The minimum absolute atomic E-state index is 0.367. The maximum absolute atomic E-state index is 10.0. The maximum atomic E-state index is 10.0. The first-order chi connectivity index (χ1) is 20.5. The fraction of sp³-hybridized carbons (Fsp3) is 0.100. The third-order valence-electron chi connectivity index (χ3n) is 9.55. The standard InChI is InChI=1S/C40H26N2/c1-39(2)34-23-35(42-3)29-16-10-11-17-30(29)36(34)32-21-20-31-28-19-18-25(24-41)22-33(28)40(38(31)37(32)39,26-12-6-4-7-13-26)27-14-8-5-9-15-27/h4-23H,1-2H3. The van der Waals surface area contributed by atoms with Crippen molar-refractivity contribution in [2.45, 2.75) is 24.7 Å². The summed E-state index contributed by atoms with van der Waals surface area (Å²) in [6.07, 6.45) is 0. The van der Waals surface area contributed by atoms with Crippen LogP contribution in [0, 0.1) is 17.9 Å². The van der Waals surface area contributed by atoms with E-state index in [1.165, 1.54) is 44.5 Å². The van der Waals surface area contributed by atoms with Crippen LogP contribution in [0.3, 0.4) is 0 Å². The van der Waals surface area contributed by atoms with Gasteiger partial charge in [-0.1, -0.05) is 123 Å². The van der Waals surface area contributed by atoms with Crippen LogP contribution < -0.4 is 0 Å². The minimum atomic E-state index is -0.622. The Balaban J connectivity index is 1.60. The summed E-state index contributed by atoms with van der Waals surface area (Å²) in [6.45, 7) is 12.6. The monoisotopic (exact) mass is 534 g/mol. The minimum Gasteiger partial charge on any atom is -0.238 e. The van der Waals surface area contributed by atoms with E-state index < -0.39 is 5.41 Å². The molecule has 6 aromatic rings. The van der Waals surface area contributed by atoms with E-state index in [0.717, 1.165) is 21.9 Å². The molecular formula is C40H26N2. The normalized spacial score (nSPS) is 14.8. The van der Waals surface area contributed by atoms with E-state index >= 15 is 0 Å². The van der Waals surface area contributed by atoms with E-state index in [0.29, 0.717) is 11.3 Å². The average Bonchev–Trinajstić information content (AvgIpc) is 3.47. The third kappa shape index (κ3) is 2.91. The summed E-state index contributed by atoms with van der Waals surface area (Å²) in [6, 6.07) is 45.1. The highest BCUT2D eigenvalue weighted by molar-refractivity contribution is 6.09. The molecule has 2 nitrogen and oxygen atoms in total. The van der Waals surface area contributed by atoms with Crippen LogP contribution in [0.4, 0.5) is 5.69 Å². The van der Waals surface area contributed by atoms with Crippen molar-refractivity contribution in [3.63, 3.8) is 0 Å². The van der Waals surface area contributed by atoms with Crippen LogP contribution >= 0.6 is 0 Å².